The first kappa shape index (κ1) is 15.0. The molecule has 2 aliphatic rings. The third kappa shape index (κ3) is 2.53. The van der Waals surface area contributed by atoms with Crippen LogP contribution in [0.5, 0.6) is 11.5 Å². The van der Waals surface area contributed by atoms with Gasteiger partial charge in [0.1, 0.15) is 17.1 Å². The minimum Gasteiger partial charge on any atom is -0.508 e. The van der Waals surface area contributed by atoms with E-state index in [0.717, 1.165) is 37.2 Å². The van der Waals surface area contributed by atoms with Gasteiger partial charge in [0, 0.05) is 33.6 Å². The second kappa shape index (κ2) is 5.61. The van der Waals surface area contributed by atoms with Crippen molar-refractivity contribution in [1.82, 2.24) is 5.32 Å². The molecule has 0 amide bonds. The molecule has 0 atom stereocenters. The summed E-state index contributed by atoms with van der Waals surface area (Å²) in [5.74, 6) is 1.14. The second-order valence-electron chi connectivity index (χ2n) is 6.80. The Kier molecular flexibility index (Phi) is 3.37. The van der Waals surface area contributed by atoms with Crippen molar-refractivity contribution in [2.45, 2.75) is 18.4 Å². The molecule has 1 aromatic heterocycles. The third-order valence-electron chi connectivity index (χ3n) is 5.11. The van der Waals surface area contributed by atoms with Gasteiger partial charge in [0.25, 0.3) is 0 Å². The van der Waals surface area contributed by atoms with E-state index >= 15 is 0 Å². The molecule has 0 bridgehead atoms. The first-order chi connectivity index (χ1) is 12.2. The standard InChI is InChI=1S/C21H19NO2S/c23-15-5-6-18-16(12-15)17(13-21(24-18)7-9-22-10-8-21)20-11-14-3-1-2-4-19(14)25-20/h1-6,11-13,22-23H,7-10H2. The summed E-state index contributed by atoms with van der Waals surface area (Å²) in [7, 11) is 0. The smallest absolute Gasteiger partial charge is 0.130 e. The normalized spacial score (nSPS) is 18.6. The van der Waals surface area contributed by atoms with E-state index in [1.54, 1.807) is 17.4 Å². The maximum atomic E-state index is 10.0. The minimum absolute atomic E-state index is 0.249. The lowest BCUT2D eigenvalue weighted by Gasteiger charge is -2.39. The van der Waals surface area contributed by atoms with Crippen LogP contribution in [0.25, 0.3) is 15.7 Å². The van der Waals surface area contributed by atoms with Crippen molar-refractivity contribution in [3.8, 4) is 11.5 Å². The molecule has 2 N–H and O–H groups in total. The Bertz CT molecular complexity index is 949. The predicted octanol–water partition coefficient (Wildman–Crippen LogP) is 4.55. The summed E-state index contributed by atoms with van der Waals surface area (Å²) in [6.45, 7) is 1.92. The molecule has 1 fully saturated rings. The van der Waals surface area contributed by atoms with E-state index < -0.39 is 0 Å². The molecule has 2 aromatic carbocycles. The highest BCUT2D eigenvalue weighted by atomic mass is 32.1. The van der Waals surface area contributed by atoms with Crippen molar-refractivity contribution in [3.63, 3.8) is 0 Å². The average molecular weight is 349 g/mol. The summed E-state index contributed by atoms with van der Waals surface area (Å²) < 4.78 is 7.70. The molecule has 25 heavy (non-hydrogen) atoms. The number of benzene rings is 2. The average Bonchev–Trinajstić information content (AvgIpc) is 3.06. The van der Waals surface area contributed by atoms with Gasteiger partial charge in [-0.25, -0.2) is 0 Å². The zero-order chi connectivity index (χ0) is 16.9. The van der Waals surface area contributed by atoms with E-state index in [2.05, 4.69) is 41.7 Å². The SMILES string of the molecule is Oc1ccc2c(c1)C(c1cc3ccccc3s1)=CC1(CCNCC1)O2. The second-order valence-corrected chi connectivity index (χ2v) is 7.89. The van der Waals surface area contributed by atoms with Crippen LogP contribution < -0.4 is 10.1 Å². The maximum absolute atomic E-state index is 10.0. The third-order valence-corrected chi connectivity index (χ3v) is 6.26. The van der Waals surface area contributed by atoms with Crippen LogP contribution in [0.1, 0.15) is 23.3 Å². The fourth-order valence-electron chi connectivity index (χ4n) is 3.82. The molecule has 1 saturated heterocycles. The molecule has 3 aromatic rings. The Labute approximate surface area is 150 Å². The van der Waals surface area contributed by atoms with Gasteiger partial charge >= 0.3 is 0 Å². The van der Waals surface area contributed by atoms with Crippen LogP contribution in [0.4, 0.5) is 0 Å². The highest BCUT2D eigenvalue weighted by molar-refractivity contribution is 7.20. The summed E-state index contributed by atoms with van der Waals surface area (Å²) in [6.07, 6.45) is 4.21. The largest absolute Gasteiger partial charge is 0.508 e. The van der Waals surface area contributed by atoms with Crippen LogP contribution in [0.15, 0.2) is 54.6 Å². The Morgan fingerprint density at radius 2 is 1.88 bits per heavy atom. The topological polar surface area (TPSA) is 41.5 Å². The molecule has 1 spiro atoms. The number of hydrogen-bond acceptors (Lipinski definition) is 4. The van der Waals surface area contributed by atoms with Gasteiger partial charge < -0.3 is 15.2 Å². The lowest BCUT2D eigenvalue weighted by molar-refractivity contribution is 0.0816. The van der Waals surface area contributed by atoms with Crippen molar-refractivity contribution in [1.29, 1.82) is 0 Å². The van der Waals surface area contributed by atoms with Gasteiger partial charge in [-0.1, -0.05) is 18.2 Å². The first-order valence-corrected chi connectivity index (χ1v) is 9.49. The van der Waals surface area contributed by atoms with Crippen LogP contribution >= 0.6 is 11.3 Å². The molecule has 126 valence electrons. The molecule has 5 rings (SSSR count). The van der Waals surface area contributed by atoms with E-state index in [9.17, 15) is 5.11 Å². The molecule has 0 unspecified atom stereocenters. The fraction of sp³-hybridized carbons (Fsp3) is 0.238. The van der Waals surface area contributed by atoms with Gasteiger partial charge in [0.2, 0.25) is 0 Å². The van der Waals surface area contributed by atoms with Crippen LogP contribution in [0, 0.1) is 0 Å². The molecule has 0 radical (unpaired) electrons. The zero-order valence-electron chi connectivity index (χ0n) is 13.8. The fourth-order valence-corrected chi connectivity index (χ4v) is 4.91. The van der Waals surface area contributed by atoms with Crippen LogP contribution in [-0.4, -0.2) is 23.8 Å². The van der Waals surface area contributed by atoms with Crippen molar-refractivity contribution in [2.75, 3.05) is 13.1 Å². The van der Waals surface area contributed by atoms with E-state index in [1.165, 1.54) is 20.5 Å². The Morgan fingerprint density at radius 3 is 2.72 bits per heavy atom. The van der Waals surface area contributed by atoms with Crippen molar-refractivity contribution >= 4 is 27.0 Å². The molecule has 0 aliphatic carbocycles. The monoisotopic (exact) mass is 349 g/mol. The summed E-state index contributed by atoms with van der Waals surface area (Å²) >= 11 is 1.80. The van der Waals surface area contributed by atoms with Crippen LogP contribution in [0.2, 0.25) is 0 Å². The zero-order valence-corrected chi connectivity index (χ0v) is 14.6. The molecule has 4 heteroatoms. The number of piperidine rings is 1. The van der Waals surface area contributed by atoms with Crippen molar-refractivity contribution < 1.29 is 9.84 Å². The van der Waals surface area contributed by atoms with E-state index in [-0.39, 0.29) is 11.4 Å². The van der Waals surface area contributed by atoms with Crippen molar-refractivity contribution in [3.05, 3.63) is 65.0 Å². The molecule has 3 heterocycles. The Morgan fingerprint density at radius 1 is 1.04 bits per heavy atom. The van der Waals surface area contributed by atoms with Crippen molar-refractivity contribution in [2.24, 2.45) is 0 Å². The first-order valence-electron chi connectivity index (χ1n) is 8.67. The predicted molar refractivity (Wildman–Crippen MR) is 102 cm³/mol. The number of ether oxygens (including phenoxy) is 1. The number of aromatic hydroxyl groups is 1. The van der Waals surface area contributed by atoms with Crippen LogP contribution in [0.3, 0.4) is 0 Å². The Balaban J connectivity index is 1.71. The van der Waals surface area contributed by atoms with E-state index in [1.807, 2.05) is 12.1 Å². The molecular formula is C21H19NO2S. The molecular weight excluding hydrogens is 330 g/mol. The number of phenols is 1. The van der Waals surface area contributed by atoms with Gasteiger partial charge in [0.05, 0.1) is 0 Å². The maximum Gasteiger partial charge on any atom is 0.130 e. The number of nitrogens with one attached hydrogen (secondary N) is 1. The van der Waals surface area contributed by atoms with E-state index in [0.29, 0.717) is 0 Å². The quantitative estimate of drug-likeness (QED) is 0.677. The summed E-state index contributed by atoms with van der Waals surface area (Å²) in [4.78, 5) is 1.23. The summed E-state index contributed by atoms with van der Waals surface area (Å²) in [6, 6.07) is 16.1. The molecule has 2 aliphatic heterocycles. The van der Waals surface area contributed by atoms with Gasteiger partial charge in [-0.3, -0.25) is 0 Å². The lowest BCUT2D eigenvalue weighted by atomic mass is 9.85. The summed E-state index contributed by atoms with van der Waals surface area (Å²) in [5, 5.41) is 14.7. The number of hydrogen-bond donors (Lipinski definition) is 2. The number of thiophene rings is 1. The van der Waals surface area contributed by atoms with Gasteiger partial charge in [-0.15, -0.1) is 11.3 Å². The highest BCUT2D eigenvalue weighted by Crippen LogP contribution is 2.46. The number of phenolic OH excluding ortho intramolecular Hbond substituents is 1. The number of rotatable bonds is 1. The van der Waals surface area contributed by atoms with E-state index in [4.69, 9.17) is 4.74 Å². The lowest BCUT2D eigenvalue weighted by Crippen LogP contribution is -2.46. The number of fused-ring (bicyclic) bond motifs is 2. The molecule has 0 saturated carbocycles. The van der Waals surface area contributed by atoms with Gasteiger partial charge in [-0.2, -0.15) is 0 Å². The van der Waals surface area contributed by atoms with Gasteiger partial charge in [-0.05, 0) is 54.9 Å². The minimum atomic E-state index is -0.249. The summed E-state index contributed by atoms with van der Waals surface area (Å²) in [5.41, 5.74) is 1.91. The Hall–Kier alpha value is -2.30. The highest BCUT2D eigenvalue weighted by Gasteiger charge is 2.37. The van der Waals surface area contributed by atoms with Gasteiger partial charge in [0.15, 0.2) is 0 Å². The molecule has 3 nitrogen and oxygen atoms in total. The van der Waals surface area contributed by atoms with Crippen LogP contribution in [-0.2, 0) is 0 Å².